The molecule has 1 amide bonds. The average Bonchev–Trinajstić information content (AvgIpc) is 2.87. The minimum Gasteiger partial charge on any atom is -0.399 e. The van der Waals surface area contributed by atoms with E-state index in [2.05, 4.69) is 0 Å². The summed E-state index contributed by atoms with van der Waals surface area (Å²) in [7, 11) is 0. The van der Waals surface area contributed by atoms with Crippen molar-refractivity contribution >= 4 is 22.9 Å². The number of anilines is 2. The van der Waals surface area contributed by atoms with E-state index >= 15 is 0 Å². The Hall–Kier alpha value is -1.85. The van der Waals surface area contributed by atoms with Crippen LogP contribution in [-0.2, 0) is 14.3 Å². The maximum Gasteiger partial charge on any atom is 0.259 e. The zero-order chi connectivity index (χ0) is 15.8. The number of carbonyl (C=O) groups excluding carboxylic acids is 1. The van der Waals surface area contributed by atoms with Gasteiger partial charge in [-0.25, -0.2) is 0 Å². The fraction of sp³-hybridized carbons (Fsp3) is 0.500. The van der Waals surface area contributed by atoms with Crippen molar-refractivity contribution in [2.45, 2.75) is 31.7 Å². The zero-order valence-electron chi connectivity index (χ0n) is 13.2. The van der Waals surface area contributed by atoms with Crippen LogP contribution in [0.3, 0.4) is 0 Å². The summed E-state index contributed by atoms with van der Waals surface area (Å²) in [5.74, 6) is 0.134. The first kappa shape index (κ1) is 14.7. The van der Waals surface area contributed by atoms with Crippen LogP contribution in [0.15, 0.2) is 23.8 Å². The Kier molecular flexibility index (Phi) is 3.83. The number of nitrogen functional groups attached to an aromatic ring is 1. The van der Waals surface area contributed by atoms with Crippen molar-refractivity contribution in [2.75, 3.05) is 37.1 Å². The quantitative estimate of drug-likeness (QED) is 0.638. The number of ether oxygens (including phenoxy) is 2. The molecule has 3 heterocycles. The van der Waals surface area contributed by atoms with Crippen molar-refractivity contribution in [1.82, 2.24) is 0 Å². The molecular formula is C18H22N2O3. The summed E-state index contributed by atoms with van der Waals surface area (Å²) in [6, 6.07) is 6.04. The van der Waals surface area contributed by atoms with E-state index < -0.39 is 0 Å². The van der Waals surface area contributed by atoms with E-state index in [9.17, 15) is 4.79 Å². The zero-order valence-corrected chi connectivity index (χ0v) is 13.2. The summed E-state index contributed by atoms with van der Waals surface area (Å²) < 4.78 is 10.9. The van der Waals surface area contributed by atoms with Crippen LogP contribution in [0.5, 0.6) is 0 Å². The lowest BCUT2D eigenvalue weighted by Gasteiger charge is -2.31. The van der Waals surface area contributed by atoms with E-state index in [0.29, 0.717) is 18.9 Å². The molecule has 4 rings (SSSR count). The predicted octanol–water partition coefficient (Wildman–Crippen LogP) is 2.36. The largest absolute Gasteiger partial charge is 0.399 e. The van der Waals surface area contributed by atoms with E-state index in [-0.39, 0.29) is 11.9 Å². The highest BCUT2D eigenvalue weighted by Gasteiger charge is 2.39. The van der Waals surface area contributed by atoms with Gasteiger partial charge in [0.1, 0.15) is 0 Å². The van der Waals surface area contributed by atoms with E-state index in [1.807, 2.05) is 23.1 Å². The lowest BCUT2D eigenvalue weighted by molar-refractivity contribution is -0.113. The molecule has 5 heteroatoms. The highest BCUT2D eigenvalue weighted by molar-refractivity contribution is 6.33. The van der Waals surface area contributed by atoms with Gasteiger partial charge in [-0.15, -0.1) is 0 Å². The monoisotopic (exact) mass is 314 g/mol. The molecule has 0 atom stereocenters. The normalized spacial score (nSPS) is 22.6. The van der Waals surface area contributed by atoms with Gasteiger partial charge >= 0.3 is 0 Å². The lowest BCUT2D eigenvalue weighted by atomic mass is 9.95. The molecular weight excluding hydrogens is 292 g/mol. The Morgan fingerprint density at radius 1 is 1.04 bits per heavy atom. The number of hydrogen-bond acceptors (Lipinski definition) is 4. The van der Waals surface area contributed by atoms with E-state index in [1.165, 1.54) is 5.57 Å². The molecule has 5 nitrogen and oxygen atoms in total. The highest BCUT2D eigenvalue weighted by atomic mass is 16.5. The number of fused-ring (bicyclic) bond motifs is 1. The van der Waals surface area contributed by atoms with Gasteiger partial charge in [-0.2, -0.15) is 0 Å². The van der Waals surface area contributed by atoms with Gasteiger partial charge < -0.3 is 20.1 Å². The fourth-order valence-corrected chi connectivity index (χ4v) is 3.82. The first-order valence-corrected chi connectivity index (χ1v) is 8.36. The first-order chi connectivity index (χ1) is 11.3. The molecule has 0 unspecified atom stereocenters. The topological polar surface area (TPSA) is 64.8 Å². The molecule has 122 valence electrons. The second-order valence-corrected chi connectivity index (χ2v) is 6.39. The van der Waals surface area contributed by atoms with Crippen LogP contribution in [0, 0.1) is 0 Å². The molecule has 2 N–H and O–H groups in total. The molecule has 1 aromatic carbocycles. The molecule has 3 aliphatic rings. The number of amides is 1. The van der Waals surface area contributed by atoms with Crippen LogP contribution in [0.25, 0.3) is 5.57 Å². The van der Waals surface area contributed by atoms with Gasteiger partial charge in [-0.3, -0.25) is 4.79 Å². The van der Waals surface area contributed by atoms with Crippen molar-refractivity contribution in [3.63, 3.8) is 0 Å². The Labute approximate surface area is 136 Å². The lowest BCUT2D eigenvalue weighted by Crippen LogP contribution is -2.41. The maximum absolute atomic E-state index is 13.2. The molecule has 2 fully saturated rings. The standard InChI is InChI=1S/C18H22N2O3/c19-13-1-2-16-15(11-13)17(12-3-7-22-8-4-12)18(21)20(16)14-5-9-23-10-6-14/h1-2,11,14H,3-10,19H2. The van der Waals surface area contributed by atoms with Crippen LogP contribution < -0.4 is 10.6 Å². The van der Waals surface area contributed by atoms with Crippen molar-refractivity contribution in [1.29, 1.82) is 0 Å². The molecule has 0 bridgehead atoms. The van der Waals surface area contributed by atoms with Gasteiger partial charge in [-0.05, 0) is 43.9 Å². The van der Waals surface area contributed by atoms with Crippen molar-refractivity contribution in [2.24, 2.45) is 0 Å². The average molecular weight is 314 g/mol. The Balaban J connectivity index is 1.80. The van der Waals surface area contributed by atoms with Gasteiger partial charge in [0.05, 0.1) is 18.9 Å². The third-order valence-electron chi connectivity index (χ3n) is 4.99. The van der Waals surface area contributed by atoms with Crippen molar-refractivity contribution < 1.29 is 14.3 Å². The van der Waals surface area contributed by atoms with Gasteiger partial charge in [0.15, 0.2) is 0 Å². The summed E-state index contributed by atoms with van der Waals surface area (Å²) in [4.78, 5) is 15.2. The third kappa shape index (κ3) is 2.54. The van der Waals surface area contributed by atoms with Crippen LogP contribution >= 0.6 is 0 Å². The van der Waals surface area contributed by atoms with Gasteiger partial charge in [0.25, 0.3) is 5.91 Å². The maximum atomic E-state index is 13.2. The molecule has 0 radical (unpaired) electrons. The summed E-state index contributed by atoms with van der Waals surface area (Å²) in [6.45, 7) is 2.83. The predicted molar refractivity (Wildman–Crippen MR) is 89.2 cm³/mol. The molecule has 0 spiro atoms. The number of carbonyl (C=O) groups is 1. The molecule has 0 saturated carbocycles. The summed E-state index contributed by atoms with van der Waals surface area (Å²) in [5, 5.41) is 0. The minimum absolute atomic E-state index is 0.134. The SMILES string of the molecule is Nc1ccc2c(c1)C(=C1CCOCC1)C(=O)N2C1CCOCC1. The minimum atomic E-state index is 0.134. The number of rotatable bonds is 1. The first-order valence-electron chi connectivity index (χ1n) is 8.36. The smallest absolute Gasteiger partial charge is 0.259 e. The summed E-state index contributed by atoms with van der Waals surface area (Å²) in [5.41, 5.74) is 10.8. The number of benzene rings is 1. The van der Waals surface area contributed by atoms with Gasteiger partial charge in [-0.1, -0.05) is 5.57 Å². The van der Waals surface area contributed by atoms with Crippen molar-refractivity contribution in [3.05, 3.63) is 29.3 Å². The third-order valence-corrected chi connectivity index (χ3v) is 4.99. The van der Waals surface area contributed by atoms with E-state index in [1.54, 1.807) is 0 Å². The second kappa shape index (κ2) is 5.98. The van der Waals surface area contributed by atoms with Gasteiger partial charge in [0, 0.05) is 36.1 Å². The second-order valence-electron chi connectivity index (χ2n) is 6.39. The molecule has 0 aromatic heterocycles. The molecule has 2 saturated heterocycles. The van der Waals surface area contributed by atoms with Gasteiger partial charge in [0.2, 0.25) is 0 Å². The van der Waals surface area contributed by atoms with Crippen LogP contribution in [0.4, 0.5) is 11.4 Å². The Morgan fingerprint density at radius 2 is 1.74 bits per heavy atom. The van der Waals surface area contributed by atoms with Crippen LogP contribution in [0.2, 0.25) is 0 Å². The summed E-state index contributed by atoms with van der Waals surface area (Å²) >= 11 is 0. The van der Waals surface area contributed by atoms with Crippen molar-refractivity contribution in [3.8, 4) is 0 Å². The fourth-order valence-electron chi connectivity index (χ4n) is 3.82. The van der Waals surface area contributed by atoms with Crippen LogP contribution in [-0.4, -0.2) is 38.4 Å². The Morgan fingerprint density at radius 3 is 2.48 bits per heavy atom. The van der Waals surface area contributed by atoms with Crippen LogP contribution in [0.1, 0.15) is 31.2 Å². The molecule has 23 heavy (non-hydrogen) atoms. The molecule has 1 aromatic rings. The molecule has 3 aliphatic heterocycles. The Bertz CT molecular complexity index is 654. The number of hydrogen-bond donors (Lipinski definition) is 1. The molecule has 0 aliphatic carbocycles. The van der Waals surface area contributed by atoms with E-state index in [4.69, 9.17) is 15.2 Å². The number of nitrogens with two attached hydrogens (primary N) is 1. The van der Waals surface area contributed by atoms with E-state index in [0.717, 1.165) is 55.7 Å². The highest BCUT2D eigenvalue weighted by Crippen LogP contribution is 2.43. The summed E-state index contributed by atoms with van der Waals surface area (Å²) in [6.07, 6.45) is 3.44. The number of nitrogens with zero attached hydrogens (tertiary/aromatic N) is 1.